The third-order valence-corrected chi connectivity index (χ3v) is 3.84. The maximum absolute atomic E-state index is 12.4. The summed E-state index contributed by atoms with van der Waals surface area (Å²) in [6, 6.07) is 6.88. The molecule has 0 atom stereocenters. The minimum Gasteiger partial charge on any atom is -0.341 e. The number of halogens is 1. The average Bonchev–Trinajstić information content (AvgIpc) is 2.73. The van der Waals surface area contributed by atoms with Gasteiger partial charge < -0.3 is 15.5 Å². The molecule has 0 spiro atoms. The first-order valence-electron chi connectivity index (χ1n) is 7.14. The van der Waals surface area contributed by atoms with Crippen molar-refractivity contribution in [2.45, 2.75) is 12.8 Å². The molecule has 6 heteroatoms. The van der Waals surface area contributed by atoms with Crippen molar-refractivity contribution >= 4 is 23.4 Å². The van der Waals surface area contributed by atoms with Gasteiger partial charge in [0.2, 0.25) is 5.91 Å². The van der Waals surface area contributed by atoms with E-state index in [-0.39, 0.29) is 11.8 Å². The lowest BCUT2D eigenvalue weighted by molar-refractivity contribution is -0.130. The molecule has 0 bridgehead atoms. The third-order valence-electron chi connectivity index (χ3n) is 3.59. The lowest BCUT2D eigenvalue weighted by Gasteiger charge is -2.22. The molecule has 114 valence electrons. The highest BCUT2D eigenvalue weighted by atomic mass is 35.5. The van der Waals surface area contributed by atoms with Crippen molar-refractivity contribution in [3.63, 3.8) is 0 Å². The van der Waals surface area contributed by atoms with Gasteiger partial charge in [-0.1, -0.05) is 11.6 Å². The first-order chi connectivity index (χ1) is 10.1. The molecule has 0 radical (unpaired) electrons. The van der Waals surface area contributed by atoms with Gasteiger partial charge in [0.25, 0.3) is 5.91 Å². The Kier molecular flexibility index (Phi) is 5.59. The van der Waals surface area contributed by atoms with E-state index in [9.17, 15) is 9.59 Å². The first-order valence-corrected chi connectivity index (χ1v) is 7.52. The molecular weight excluding hydrogens is 290 g/mol. The Morgan fingerprint density at radius 1 is 1.05 bits per heavy atom. The average molecular weight is 310 g/mol. The predicted octanol–water partition coefficient (Wildman–Crippen LogP) is 1.36. The van der Waals surface area contributed by atoms with Crippen LogP contribution in [-0.4, -0.2) is 54.3 Å². The van der Waals surface area contributed by atoms with Crippen molar-refractivity contribution in [3.8, 4) is 0 Å². The number of nitrogens with zero attached hydrogens (tertiary/aromatic N) is 2. The van der Waals surface area contributed by atoms with E-state index < -0.39 is 0 Å². The van der Waals surface area contributed by atoms with Gasteiger partial charge in [-0.15, -0.1) is 0 Å². The second-order valence-corrected chi connectivity index (χ2v) is 5.51. The zero-order chi connectivity index (χ0) is 15.2. The van der Waals surface area contributed by atoms with Gasteiger partial charge in [0.15, 0.2) is 0 Å². The Balaban J connectivity index is 1.97. The van der Waals surface area contributed by atoms with E-state index in [1.807, 2.05) is 0 Å². The Morgan fingerprint density at radius 2 is 1.67 bits per heavy atom. The summed E-state index contributed by atoms with van der Waals surface area (Å²) < 4.78 is 0. The zero-order valence-electron chi connectivity index (χ0n) is 11.9. The molecule has 21 heavy (non-hydrogen) atoms. The first kappa shape index (κ1) is 15.8. The maximum atomic E-state index is 12.4. The maximum Gasteiger partial charge on any atom is 0.253 e. The fourth-order valence-electron chi connectivity index (χ4n) is 2.43. The largest absolute Gasteiger partial charge is 0.341 e. The second-order valence-electron chi connectivity index (χ2n) is 5.07. The summed E-state index contributed by atoms with van der Waals surface area (Å²) in [5.41, 5.74) is 6.04. The van der Waals surface area contributed by atoms with Crippen LogP contribution in [0.2, 0.25) is 5.02 Å². The number of rotatable bonds is 3. The van der Waals surface area contributed by atoms with Crippen molar-refractivity contribution in [2.75, 3.05) is 32.7 Å². The number of hydrogen-bond donors (Lipinski definition) is 1. The number of carbonyl (C=O) groups excluding carboxylic acids is 2. The molecule has 1 saturated heterocycles. The van der Waals surface area contributed by atoms with Crippen LogP contribution in [0.25, 0.3) is 0 Å². The molecule has 2 rings (SSSR count). The van der Waals surface area contributed by atoms with Crippen LogP contribution in [0.4, 0.5) is 0 Å². The molecule has 0 unspecified atom stereocenters. The van der Waals surface area contributed by atoms with E-state index in [1.165, 1.54) is 0 Å². The summed E-state index contributed by atoms with van der Waals surface area (Å²) in [6.45, 7) is 2.83. The van der Waals surface area contributed by atoms with Crippen LogP contribution in [0, 0.1) is 0 Å². The Bertz CT molecular complexity index is 504. The van der Waals surface area contributed by atoms with Crippen LogP contribution in [-0.2, 0) is 4.79 Å². The van der Waals surface area contributed by atoms with Gasteiger partial charge in [0.05, 0.1) is 0 Å². The molecule has 1 fully saturated rings. The Hall–Kier alpha value is -1.59. The highest BCUT2D eigenvalue weighted by Gasteiger charge is 2.22. The van der Waals surface area contributed by atoms with Gasteiger partial charge in [-0.2, -0.15) is 0 Å². The van der Waals surface area contributed by atoms with Gasteiger partial charge in [-0.05, 0) is 30.7 Å². The van der Waals surface area contributed by atoms with Gasteiger partial charge >= 0.3 is 0 Å². The molecule has 1 heterocycles. The van der Waals surface area contributed by atoms with E-state index in [1.54, 1.807) is 34.1 Å². The molecule has 5 nitrogen and oxygen atoms in total. The van der Waals surface area contributed by atoms with Crippen molar-refractivity contribution in [1.29, 1.82) is 0 Å². The molecular formula is C15H20ClN3O2. The minimum absolute atomic E-state index is 0.0141. The second kappa shape index (κ2) is 7.43. The molecule has 0 aliphatic carbocycles. The van der Waals surface area contributed by atoms with E-state index in [0.717, 1.165) is 6.42 Å². The fourth-order valence-corrected chi connectivity index (χ4v) is 2.55. The lowest BCUT2D eigenvalue weighted by Crippen LogP contribution is -2.37. The summed E-state index contributed by atoms with van der Waals surface area (Å²) in [4.78, 5) is 27.9. The summed E-state index contributed by atoms with van der Waals surface area (Å²) in [6.07, 6.45) is 1.15. The third kappa shape index (κ3) is 4.19. The standard InChI is InChI=1S/C15H20ClN3O2/c16-13-4-2-12(3-5-13)15(21)19-9-1-8-18(10-11-19)14(20)6-7-17/h2-5H,1,6-11,17H2. The summed E-state index contributed by atoms with van der Waals surface area (Å²) in [5, 5.41) is 0.612. The summed E-state index contributed by atoms with van der Waals surface area (Å²) in [5.74, 6) is 0.0538. The zero-order valence-corrected chi connectivity index (χ0v) is 12.7. The van der Waals surface area contributed by atoms with Crippen molar-refractivity contribution < 1.29 is 9.59 Å². The van der Waals surface area contributed by atoms with E-state index in [2.05, 4.69) is 0 Å². The number of amides is 2. The van der Waals surface area contributed by atoms with E-state index >= 15 is 0 Å². The molecule has 1 aromatic carbocycles. The van der Waals surface area contributed by atoms with Gasteiger partial charge in [-0.25, -0.2) is 0 Å². The molecule has 1 aromatic rings. The molecule has 0 aromatic heterocycles. The van der Waals surface area contributed by atoms with Gasteiger partial charge in [0, 0.05) is 49.7 Å². The minimum atomic E-state index is -0.0141. The SMILES string of the molecule is NCCC(=O)N1CCCN(C(=O)c2ccc(Cl)cc2)CC1. The molecule has 2 amide bonds. The number of hydrogen-bond acceptors (Lipinski definition) is 3. The van der Waals surface area contributed by atoms with Crippen molar-refractivity contribution in [2.24, 2.45) is 5.73 Å². The van der Waals surface area contributed by atoms with Gasteiger partial charge in [0.1, 0.15) is 0 Å². The van der Waals surface area contributed by atoms with Crippen molar-refractivity contribution in [3.05, 3.63) is 34.9 Å². The molecule has 1 aliphatic heterocycles. The number of carbonyl (C=O) groups is 2. The van der Waals surface area contributed by atoms with E-state index in [0.29, 0.717) is 49.7 Å². The molecule has 2 N–H and O–H groups in total. The van der Waals surface area contributed by atoms with Crippen molar-refractivity contribution in [1.82, 2.24) is 9.80 Å². The predicted molar refractivity (Wildman–Crippen MR) is 82.2 cm³/mol. The Labute approximate surface area is 129 Å². The monoisotopic (exact) mass is 309 g/mol. The smallest absolute Gasteiger partial charge is 0.253 e. The highest BCUT2D eigenvalue weighted by molar-refractivity contribution is 6.30. The van der Waals surface area contributed by atoms with Crippen LogP contribution in [0.3, 0.4) is 0 Å². The number of nitrogens with two attached hydrogens (primary N) is 1. The van der Waals surface area contributed by atoms with Crippen LogP contribution >= 0.6 is 11.6 Å². The van der Waals surface area contributed by atoms with Crippen LogP contribution < -0.4 is 5.73 Å². The van der Waals surface area contributed by atoms with Crippen LogP contribution in [0.15, 0.2) is 24.3 Å². The summed E-state index contributed by atoms with van der Waals surface area (Å²) >= 11 is 5.83. The quantitative estimate of drug-likeness (QED) is 0.917. The van der Waals surface area contributed by atoms with Crippen LogP contribution in [0.1, 0.15) is 23.2 Å². The molecule has 0 saturated carbocycles. The molecule has 1 aliphatic rings. The van der Waals surface area contributed by atoms with Gasteiger partial charge in [-0.3, -0.25) is 9.59 Å². The topological polar surface area (TPSA) is 66.6 Å². The Morgan fingerprint density at radius 3 is 2.33 bits per heavy atom. The summed E-state index contributed by atoms with van der Waals surface area (Å²) in [7, 11) is 0. The fraction of sp³-hybridized carbons (Fsp3) is 0.467. The highest BCUT2D eigenvalue weighted by Crippen LogP contribution is 2.13. The normalized spacial score (nSPS) is 15.7. The lowest BCUT2D eigenvalue weighted by atomic mass is 10.2. The van der Waals surface area contributed by atoms with Crippen LogP contribution in [0.5, 0.6) is 0 Å². The van der Waals surface area contributed by atoms with E-state index in [4.69, 9.17) is 17.3 Å². The number of benzene rings is 1.